The quantitative estimate of drug-likeness (QED) is 0.420. The normalized spacial score (nSPS) is 16.8. The molecule has 30 heavy (non-hydrogen) atoms. The van der Waals surface area contributed by atoms with Crippen LogP contribution in [-0.2, 0) is 15.0 Å². The number of rotatable bonds is 5. The van der Waals surface area contributed by atoms with Crippen molar-refractivity contribution in [2.75, 3.05) is 11.4 Å². The molecule has 0 radical (unpaired) electrons. The van der Waals surface area contributed by atoms with Crippen LogP contribution >= 0.6 is 0 Å². The molecule has 0 aliphatic carbocycles. The molecule has 1 heterocycles. The van der Waals surface area contributed by atoms with Crippen LogP contribution in [-0.4, -0.2) is 18.4 Å². The molecular formula is C26H27NO3. The zero-order valence-electron chi connectivity index (χ0n) is 17.7. The molecular weight excluding hydrogens is 374 g/mol. The monoisotopic (exact) mass is 401 g/mol. The molecule has 4 heteroatoms. The minimum Gasteiger partial charge on any atom is -0.426 e. The number of carbonyl (C=O) groups is 2. The lowest BCUT2D eigenvalue weighted by molar-refractivity contribution is -0.139. The molecule has 154 valence electrons. The largest absolute Gasteiger partial charge is 0.426 e. The summed E-state index contributed by atoms with van der Waals surface area (Å²) in [6, 6.07) is 21.5. The summed E-state index contributed by atoms with van der Waals surface area (Å²) in [5.41, 5.74) is 2.14. The number of nitrogens with zero attached hydrogens (tertiary/aromatic N) is 1. The first kappa shape index (κ1) is 20.1. The van der Waals surface area contributed by atoms with Gasteiger partial charge < -0.3 is 9.64 Å². The first-order valence-corrected chi connectivity index (χ1v) is 10.5. The number of carbonyl (C=O) groups excluding carboxylic acids is 2. The predicted octanol–water partition coefficient (Wildman–Crippen LogP) is 5.49. The van der Waals surface area contributed by atoms with Crippen LogP contribution in [0.25, 0.3) is 10.8 Å². The number of anilines is 1. The number of hydrogen-bond donors (Lipinski definition) is 0. The third-order valence-corrected chi connectivity index (χ3v) is 6.25. The van der Waals surface area contributed by atoms with E-state index in [1.807, 2.05) is 66.7 Å². The van der Waals surface area contributed by atoms with Crippen molar-refractivity contribution in [3.63, 3.8) is 0 Å². The van der Waals surface area contributed by atoms with Crippen LogP contribution in [0, 0.1) is 5.92 Å². The van der Waals surface area contributed by atoms with Crippen molar-refractivity contribution in [2.45, 2.75) is 39.0 Å². The van der Waals surface area contributed by atoms with Gasteiger partial charge in [-0.25, -0.2) is 0 Å². The van der Waals surface area contributed by atoms with E-state index in [9.17, 15) is 9.59 Å². The Morgan fingerprint density at radius 2 is 1.73 bits per heavy atom. The van der Waals surface area contributed by atoms with Crippen molar-refractivity contribution in [2.24, 2.45) is 5.92 Å². The maximum atomic E-state index is 12.7. The average molecular weight is 402 g/mol. The number of fused-ring (bicyclic) bond motifs is 1. The van der Waals surface area contributed by atoms with Gasteiger partial charge in [0.05, 0.1) is 11.6 Å². The first-order chi connectivity index (χ1) is 14.4. The van der Waals surface area contributed by atoms with E-state index in [1.54, 1.807) is 4.90 Å². The maximum absolute atomic E-state index is 12.7. The summed E-state index contributed by atoms with van der Waals surface area (Å²) < 4.78 is 5.60. The number of hydrogen-bond acceptors (Lipinski definition) is 3. The summed E-state index contributed by atoms with van der Waals surface area (Å²) in [6.07, 6.45) is 1.20. The Hall–Kier alpha value is -3.14. The van der Waals surface area contributed by atoms with Gasteiger partial charge in [-0.05, 0) is 41.0 Å². The summed E-state index contributed by atoms with van der Waals surface area (Å²) in [4.78, 5) is 27.1. The van der Waals surface area contributed by atoms with Crippen LogP contribution in [0.4, 0.5) is 5.69 Å². The minimum atomic E-state index is -0.469. The molecule has 0 saturated carbocycles. The lowest BCUT2D eigenvalue weighted by Crippen LogP contribution is -2.27. The molecule has 0 unspecified atom stereocenters. The Morgan fingerprint density at radius 1 is 1.03 bits per heavy atom. The topological polar surface area (TPSA) is 46.6 Å². The molecule has 3 aromatic rings. The van der Waals surface area contributed by atoms with Gasteiger partial charge >= 0.3 is 5.97 Å². The summed E-state index contributed by atoms with van der Waals surface area (Å²) in [7, 11) is 0. The highest BCUT2D eigenvalue weighted by Crippen LogP contribution is 2.33. The molecule has 0 aromatic heterocycles. The molecule has 0 bridgehead atoms. The minimum absolute atomic E-state index is 0.0478. The molecule has 0 spiro atoms. The average Bonchev–Trinajstić information content (AvgIpc) is 3.15. The van der Waals surface area contributed by atoms with E-state index in [2.05, 4.69) is 20.8 Å². The highest BCUT2D eigenvalue weighted by molar-refractivity contribution is 6.06. The zero-order chi connectivity index (χ0) is 21.3. The van der Waals surface area contributed by atoms with Crippen molar-refractivity contribution in [1.29, 1.82) is 0 Å². The van der Waals surface area contributed by atoms with Crippen molar-refractivity contribution in [3.8, 4) is 5.75 Å². The SMILES string of the molecule is CCC(C)(C)c1ccc(OC(=O)[C@@H]2CC(=O)N(c3cccc4ccccc34)C2)cc1. The first-order valence-electron chi connectivity index (χ1n) is 10.5. The fourth-order valence-electron chi connectivity index (χ4n) is 3.92. The molecule has 3 aromatic carbocycles. The molecule has 1 fully saturated rings. The molecule has 1 atom stereocenters. The molecule has 4 nitrogen and oxygen atoms in total. The second-order valence-electron chi connectivity index (χ2n) is 8.59. The number of benzene rings is 3. The van der Waals surface area contributed by atoms with E-state index in [0.29, 0.717) is 12.3 Å². The van der Waals surface area contributed by atoms with Crippen LogP contribution in [0.3, 0.4) is 0 Å². The molecule has 1 saturated heterocycles. The maximum Gasteiger partial charge on any atom is 0.316 e. The third kappa shape index (κ3) is 3.82. The second-order valence-corrected chi connectivity index (χ2v) is 8.59. The van der Waals surface area contributed by atoms with E-state index < -0.39 is 5.92 Å². The van der Waals surface area contributed by atoms with Crippen molar-refractivity contribution in [1.82, 2.24) is 0 Å². The highest BCUT2D eigenvalue weighted by Gasteiger charge is 2.37. The fraction of sp³-hybridized carbons (Fsp3) is 0.308. The Labute approximate surface area is 177 Å². The summed E-state index contributed by atoms with van der Waals surface area (Å²) >= 11 is 0. The highest BCUT2D eigenvalue weighted by atomic mass is 16.5. The standard InChI is InChI=1S/C26H27NO3/c1-4-26(2,3)20-12-14-21(15-13-20)30-25(29)19-16-24(28)27(17-19)23-11-7-9-18-8-5-6-10-22(18)23/h5-15,19H,4,16-17H2,1-3H3/t19-/m1/s1. The smallest absolute Gasteiger partial charge is 0.316 e. The van der Waals surface area contributed by atoms with Crippen molar-refractivity contribution < 1.29 is 14.3 Å². The molecule has 1 aliphatic rings. The Morgan fingerprint density at radius 3 is 2.47 bits per heavy atom. The van der Waals surface area contributed by atoms with E-state index in [4.69, 9.17) is 4.74 Å². The van der Waals surface area contributed by atoms with Gasteiger partial charge in [0.1, 0.15) is 5.75 Å². The van der Waals surface area contributed by atoms with Crippen molar-refractivity contribution in [3.05, 3.63) is 72.3 Å². The molecule has 1 amide bonds. The molecule has 0 N–H and O–H groups in total. The Kier molecular flexibility index (Phi) is 5.33. The van der Waals surface area contributed by atoms with Gasteiger partial charge in [-0.1, -0.05) is 69.3 Å². The summed E-state index contributed by atoms with van der Waals surface area (Å²) in [6.45, 7) is 6.89. The van der Waals surface area contributed by atoms with Crippen LogP contribution < -0.4 is 9.64 Å². The second kappa shape index (κ2) is 7.94. The van der Waals surface area contributed by atoms with Gasteiger partial charge in [0.15, 0.2) is 0 Å². The van der Waals surface area contributed by atoms with E-state index in [1.165, 1.54) is 5.56 Å². The van der Waals surface area contributed by atoms with Gasteiger partial charge in [0, 0.05) is 18.4 Å². The molecule has 1 aliphatic heterocycles. The van der Waals surface area contributed by atoms with Gasteiger partial charge in [-0.2, -0.15) is 0 Å². The predicted molar refractivity (Wildman–Crippen MR) is 120 cm³/mol. The van der Waals surface area contributed by atoms with Crippen LogP contribution in [0.2, 0.25) is 0 Å². The fourth-order valence-corrected chi connectivity index (χ4v) is 3.92. The Balaban J connectivity index is 1.48. The van der Waals surface area contributed by atoms with Gasteiger partial charge in [-0.15, -0.1) is 0 Å². The van der Waals surface area contributed by atoms with Gasteiger partial charge in [0.25, 0.3) is 0 Å². The van der Waals surface area contributed by atoms with E-state index in [-0.39, 0.29) is 23.7 Å². The summed E-state index contributed by atoms with van der Waals surface area (Å²) in [5.74, 6) is -0.350. The van der Waals surface area contributed by atoms with Crippen LogP contribution in [0.5, 0.6) is 5.75 Å². The van der Waals surface area contributed by atoms with Crippen molar-refractivity contribution >= 4 is 28.3 Å². The third-order valence-electron chi connectivity index (χ3n) is 6.25. The zero-order valence-corrected chi connectivity index (χ0v) is 17.7. The van der Waals surface area contributed by atoms with E-state index in [0.717, 1.165) is 22.9 Å². The van der Waals surface area contributed by atoms with Crippen LogP contribution in [0.1, 0.15) is 39.2 Å². The van der Waals surface area contributed by atoms with E-state index >= 15 is 0 Å². The lowest BCUT2D eigenvalue weighted by atomic mass is 9.82. The molecule has 4 rings (SSSR count). The lowest BCUT2D eigenvalue weighted by Gasteiger charge is -2.23. The number of esters is 1. The summed E-state index contributed by atoms with van der Waals surface area (Å²) in [5, 5.41) is 2.08. The Bertz CT molecular complexity index is 1080. The van der Waals surface area contributed by atoms with Crippen LogP contribution in [0.15, 0.2) is 66.7 Å². The number of amides is 1. The van der Waals surface area contributed by atoms with Gasteiger partial charge in [-0.3, -0.25) is 9.59 Å². The number of ether oxygens (including phenoxy) is 1. The van der Waals surface area contributed by atoms with Gasteiger partial charge in [0.2, 0.25) is 5.91 Å².